The van der Waals surface area contributed by atoms with E-state index in [9.17, 15) is 4.79 Å². The van der Waals surface area contributed by atoms with Gasteiger partial charge in [-0.25, -0.2) is 14.6 Å². The molecule has 5 rings (SSSR count). The Balaban J connectivity index is 1.40. The third-order valence-electron chi connectivity index (χ3n) is 5.92. The summed E-state index contributed by atoms with van der Waals surface area (Å²) in [5.74, 6) is 0.777. The summed E-state index contributed by atoms with van der Waals surface area (Å²) in [6.45, 7) is 7.83. The lowest BCUT2D eigenvalue weighted by Gasteiger charge is -2.33. The van der Waals surface area contributed by atoms with Gasteiger partial charge in [-0.05, 0) is 31.0 Å². The van der Waals surface area contributed by atoms with E-state index < -0.39 is 0 Å². The Bertz CT molecular complexity index is 1300. The zero-order valence-corrected chi connectivity index (χ0v) is 18.5. The summed E-state index contributed by atoms with van der Waals surface area (Å²) in [6.07, 6.45) is 3.17. The molecule has 4 heterocycles. The van der Waals surface area contributed by atoms with E-state index in [0.717, 1.165) is 43.1 Å². The van der Waals surface area contributed by atoms with E-state index in [0.29, 0.717) is 11.2 Å². The highest BCUT2D eigenvalue weighted by atomic mass is 16.1. The van der Waals surface area contributed by atoms with Crippen LogP contribution in [0.4, 0.5) is 5.82 Å². The van der Waals surface area contributed by atoms with Gasteiger partial charge in [0.25, 0.3) is 5.56 Å². The van der Waals surface area contributed by atoms with Gasteiger partial charge in [0, 0.05) is 24.6 Å². The van der Waals surface area contributed by atoms with Gasteiger partial charge in [-0.2, -0.15) is 9.78 Å². The highest BCUT2D eigenvalue weighted by molar-refractivity contribution is 5.83. The second-order valence-electron chi connectivity index (χ2n) is 9.18. The molecule has 9 heteroatoms. The van der Waals surface area contributed by atoms with E-state index in [1.807, 2.05) is 36.4 Å². The number of hydrogen-bond acceptors (Lipinski definition) is 7. The SMILES string of the molecule is CC(C)(C)c1ccc(=O)n(C2CCN(c3ncnc4c3nnn4-c3ccccc3)CC2)n1. The number of nitrogens with zero attached hydrogens (tertiary/aromatic N) is 8. The number of rotatable bonds is 3. The molecule has 164 valence electrons. The van der Waals surface area contributed by atoms with Crippen molar-refractivity contribution in [3.63, 3.8) is 0 Å². The predicted molar refractivity (Wildman–Crippen MR) is 122 cm³/mol. The number of hydrogen-bond donors (Lipinski definition) is 0. The van der Waals surface area contributed by atoms with Crippen LogP contribution in [-0.2, 0) is 5.41 Å². The van der Waals surface area contributed by atoms with Crippen LogP contribution in [0.3, 0.4) is 0 Å². The van der Waals surface area contributed by atoms with Gasteiger partial charge < -0.3 is 4.90 Å². The lowest BCUT2D eigenvalue weighted by molar-refractivity contribution is 0.343. The van der Waals surface area contributed by atoms with Gasteiger partial charge in [0.15, 0.2) is 17.0 Å². The highest BCUT2D eigenvalue weighted by Crippen LogP contribution is 2.28. The molecule has 0 saturated carbocycles. The molecule has 0 atom stereocenters. The van der Waals surface area contributed by atoms with Crippen molar-refractivity contribution < 1.29 is 0 Å². The second kappa shape index (κ2) is 7.81. The average Bonchev–Trinajstić information content (AvgIpc) is 3.24. The molecule has 9 nitrogen and oxygen atoms in total. The Morgan fingerprint density at radius 2 is 1.72 bits per heavy atom. The standard InChI is InChI=1S/C23H26N8O/c1-23(2,3)18-9-10-19(32)30(27-18)17-11-13-29(14-12-17)21-20-22(25-15-24-21)31(28-26-20)16-7-5-4-6-8-16/h4-10,15,17H,11-14H2,1-3H3. The highest BCUT2D eigenvalue weighted by Gasteiger charge is 2.27. The quantitative estimate of drug-likeness (QED) is 0.493. The number of anilines is 1. The van der Waals surface area contributed by atoms with Crippen LogP contribution in [0.5, 0.6) is 0 Å². The third-order valence-corrected chi connectivity index (χ3v) is 5.92. The van der Waals surface area contributed by atoms with Gasteiger partial charge in [-0.3, -0.25) is 4.79 Å². The van der Waals surface area contributed by atoms with Crippen molar-refractivity contribution in [3.8, 4) is 5.69 Å². The summed E-state index contributed by atoms with van der Waals surface area (Å²) in [6, 6.07) is 13.4. The molecule has 1 aliphatic rings. The van der Waals surface area contributed by atoms with Crippen molar-refractivity contribution in [1.29, 1.82) is 0 Å². The molecular weight excluding hydrogens is 404 g/mol. The minimum absolute atomic E-state index is 0.0494. The number of fused-ring (bicyclic) bond motifs is 1. The second-order valence-corrected chi connectivity index (χ2v) is 9.18. The van der Waals surface area contributed by atoms with Crippen molar-refractivity contribution in [2.24, 2.45) is 0 Å². The number of piperidine rings is 1. The summed E-state index contributed by atoms with van der Waals surface area (Å²) in [4.78, 5) is 23.6. The number of para-hydroxylation sites is 1. The van der Waals surface area contributed by atoms with Crippen LogP contribution in [0.25, 0.3) is 16.9 Å². The van der Waals surface area contributed by atoms with Gasteiger partial charge in [0.1, 0.15) is 6.33 Å². The topological polar surface area (TPSA) is 94.6 Å². The fourth-order valence-electron chi connectivity index (χ4n) is 4.12. The van der Waals surface area contributed by atoms with Gasteiger partial charge in [-0.15, -0.1) is 5.10 Å². The molecule has 0 unspecified atom stereocenters. The number of benzene rings is 1. The summed E-state index contributed by atoms with van der Waals surface area (Å²) >= 11 is 0. The summed E-state index contributed by atoms with van der Waals surface area (Å²) in [5.41, 5.74) is 3.04. The van der Waals surface area contributed by atoms with Gasteiger partial charge in [-0.1, -0.05) is 44.2 Å². The summed E-state index contributed by atoms with van der Waals surface area (Å²) in [5, 5.41) is 13.4. The van der Waals surface area contributed by atoms with Crippen LogP contribution in [0.2, 0.25) is 0 Å². The molecule has 1 saturated heterocycles. The average molecular weight is 431 g/mol. The first-order valence-electron chi connectivity index (χ1n) is 10.9. The maximum absolute atomic E-state index is 12.5. The minimum atomic E-state index is -0.104. The van der Waals surface area contributed by atoms with Crippen LogP contribution in [0.1, 0.15) is 45.3 Å². The van der Waals surface area contributed by atoms with Crippen LogP contribution in [0.15, 0.2) is 53.6 Å². The Kier molecular flexibility index (Phi) is 4.96. The largest absolute Gasteiger partial charge is 0.354 e. The molecule has 3 aromatic heterocycles. The maximum Gasteiger partial charge on any atom is 0.267 e. The molecular formula is C23H26N8O. The van der Waals surface area contributed by atoms with Crippen LogP contribution < -0.4 is 10.5 Å². The molecule has 0 radical (unpaired) electrons. The zero-order chi connectivity index (χ0) is 22.3. The normalized spacial score (nSPS) is 15.4. The van der Waals surface area contributed by atoms with Crippen molar-refractivity contribution in [2.45, 2.75) is 45.1 Å². The lowest BCUT2D eigenvalue weighted by atomic mass is 9.92. The maximum atomic E-state index is 12.5. The molecule has 1 fully saturated rings. The monoisotopic (exact) mass is 430 g/mol. The molecule has 1 aromatic carbocycles. The molecule has 0 amide bonds. The van der Waals surface area contributed by atoms with Gasteiger partial charge in [0.2, 0.25) is 0 Å². The van der Waals surface area contributed by atoms with Crippen molar-refractivity contribution >= 4 is 17.0 Å². The van der Waals surface area contributed by atoms with Crippen LogP contribution >= 0.6 is 0 Å². The first kappa shape index (κ1) is 20.3. The minimum Gasteiger partial charge on any atom is -0.354 e. The van der Waals surface area contributed by atoms with E-state index in [4.69, 9.17) is 0 Å². The van der Waals surface area contributed by atoms with Crippen LogP contribution in [-0.4, -0.2) is 47.8 Å². The van der Waals surface area contributed by atoms with E-state index in [1.165, 1.54) is 0 Å². The molecule has 1 aliphatic heterocycles. The predicted octanol–water partition coefficient (Wildman–Crippen LogP) is 2.91. The van der Waals surface area contributed by atoms with Gasteiger partial charge >= 0.3 is 0 Å². The first-order chi connectivity index (χ1) is 15.4. The fourth-order valence-corrected chi connectivity index (χ4v) is 4.12. The van der Waals surface area contributed by atoms with Crippen molar-refractivity contribution in [3.05, 3.63) is 64.8 Å². The Hall–Kier alpha value is -3.62. The molecule has 0 spiro atoms. The molecule has 0 bridgehead atoms. The van der Waals surface area contributed by atoms with E-state index in [-0.39, 0.29) is 17.0 Å². The Morgan fingerprint density at radius 3 is 2.44 bits per heavy atom. The number of aromatic nitrogens is 7. The molecule has 0 aliphatic carbocycles. The third kappa shape index (κ3) is 3.63. The lowest BCUT2D eigenvalue weighted by Crippen LogP contribution is -2.39. The van der Waals surface area contributed by atoms with E-state index >= 15 is 0 Å². The van der Waals surface area contributed by atoms with E-state index in [1.54, 1.807) is 21.8 Å². The molecule has 0 N–H and O–H groups in total. The van der Waals surface area contributed by atoms with Gasteiger partial charge in [0.05, 0.1) is 17.4 Å². The molecule has 32 heavy (non-hydrogen) atoms. The zero-order valence-electron chi connectivity index (χ0n) is 18.5. The molecule has 4 aromatic rings. The fraction of sp³-hybridized carbons (Fsp3) is 0.391. The first-order valence-corrected chi connectivity index (χ1v) is 10.9. The summed E-state index contributed by atoms with van der Waals surface area (Å²) in [7, 11) is 0. The summed E-state index contributed by atoms with van der Waals surface area (Å²) < 4.78 is 3.40. The van der Waals surface area contributed by atoms with Crippen molar-refractivity contribution in [1.82, 2.24) is 34.7 Å². The Labute approximate surface area is 185 Å². The Morgan fingerprint density at radius 1 is 0.969 bits per heavy atom. The van der Waals surface area contributed by atoms with Crippen molar-refractivity contribution in [2.75, 3.05) is 18.0 Å². The van der Waals surface area contributed by atoms with Crippen LogP contribution in [0, 0.1) is 0 Å². The van der Waals surface area contributed by atoms with E-state index in [2.05, 4.69) is 51.0 Å². The smallest absolute Gasteiger partial charge is 0.267 e.